The van der Waals surface area contributed by atoms with Crippen LogP contribution >= 0.6 is 0 Å². The number of nitrogen functional groups attached to an aromatic ring is 1. The van der Waals surface area contributed by atoms with E-state index >= 15 is 0 Å². The van der Waals surface area contributed by atoms with Crippen LogP contribution in [0, 0.1) is 19.3 Å². The number of aromatic nitrogens is 1. The molecule has 5 nitrogen and oxygen atoms in total. The molecule has 4 N–H and O–H groups in total. The SMILES string of the molecule is Cc1cc(C(=O)NCc2ccc(C(=N)N)cc2)c(C)n1Cc1ccccc1. The Bertz CT molecular complexity index is 956. The average Bonchev–Trinajstić information content (AvgIpc) is 2.95. The highest BCUT2D eigenvalue weighted by Crippen LogP contribution is 2.17. The first-order valence-corrected chi connectivity index (χ1v) is 8.88. The molecule has 0 spiro atoms. The molecule has 0 unspecified atom stereocenters. The predicted octanol–water partition coefficient (Wildman–Crippen LogP) is 3.37. The third kappa shape index (κ3) is 4.26. The molecule has 27 heavy (non-hydrogen) atoms. The van der Waals surface area contributed by atoms with Crippen molar-refractivity contribution < 1.29 is 4.79 Å². The van der Waals surface area contributed by atoms with E-state index in [2.05, 4.69) is 22.0 Å². The third-order valence-electron chi connectivity index (χ3n) is 4.72. The maximum absolute atomic E-state index is 12.7. The number of amidine groups is 1. The van der Waals surface area contributed by atoms with Crippen LogP contribution in [0.1, 0.15) is 38.4 Å². The van der Waals surface area contributed by atoms with Gasteiger partial charge in [-0.3, -0.25) is 10.2 Å². The molecule has 1 heterocycles. The summed E-state index contributed by atoms with van der Waals surface area (Å²) in [6.07, 6.45) is 0. The minimum absolute atomic E-state index is 0.0384. The molecule has 0 fully saturated rings. The van der Waals surface area contributed by atoms with Crippen molar-refractivity contribution in [3.05, 3.63) is 94.3 Å². The second-order valence-electron chi connectivity index (χ2n) is 6.65. The van der Waals surface area contributed by atoms with Crippen molar-refractivity contribution in [1.82, 2.24) is 9.88 Å². The van der Waals surface area contributed by atoms with E-state index in [1.165, 1.54) is 5.56 Å². The summed E-state index contributed by atoms with van der Waals surface area (Å²) in [5, 5.41) is 10.4. The third-order valence-corrected chi connectivity index (χ3v) is 4.72. The van der Waals surface area contributed by atoms with Gasteiger partial charge in [0.1, 0.15) is 5.84 Å². The zero-order valence-corrected chi connectivity index (χ0v) is 15.6. The maximum Gasteiger partial charge on any atom is 0.253 e. The summed E-state index contributed by atoms with van der Waals surface area (Å²) in [4.78, 5) is 12.7. The minimum Gasteiger partial charge on any atom is -0.384 e. The van der Waals surface area contributed by atoms with Gasteiger partial charge in [-0.1, -0.05) is 54.6 Å². The van der Waals surface area contributed by atoms with E-state index in [9.17, 15) is 4.79 Å². The van der Waals surface area contributed by atoms with Crippen molar-refractivity contribution in [3.63, 3.8) is 0 Å². The van der Waals surface area contributed by atoms with Gasteiger partial charge in [0.05, 0.1) is 5.56 Å². The molecule has 3 rings (SSSR count). The lowest BCUT2D eigenvalue weighted by Gasteiger charge is -2.10. The Morgan fingerprint density at radius 1 is 1.04 bits per heavy atom. The normalized spacial score (nSPS) is 10.6. The fourth-order valence-electron chi connectivity index (χ4n) is 3.12. The Balaban J connectivity index is 1.70. The average molecular weight is 360 g/mol. The van der Waals surface area contributed by atoms with Crippen LogP contribution < -0.4 is 11.1 Å². The van der Waals surface area contributed by atoms with E-state index in [1.807, 2.05) is 50.2 Å². The van der Waals surface area contributed by atoms with Crippen LogP contribution in [0.25, 0.3) is 0 Å². The number of nitrogens with two attached hydrogens (primary N) is 1. The van der Waals surface area contributed by atoms with Gasteiger partial charge >= 0.3 is 0 Å². The monoisotopic (exact) mass is 360 g/mol. The molecule has 1 aromatic heterocycles. The molecule has 0 saturated carbocycles. The number of rotatable bonds is 6. The molecule has 0 aliphatic carbocycles. The van der Waals surface area contributed by atoms with Crippen LogP contribution in [0.4, 0.5) is 0 Å². The fourth-order valence-corrected chi connectivity index (χ4v) is 3.12. The second-order valence-corrected chi connectivity index (χ2v) is 6.65. The summed E-state index contributed by atoms with van der Waals surface area (Å²) in [6.45, 7) is 5.18. The van der Waals surface area contributed by atoms with Crippen molar-refractivity contribution in [3.8, 4) is 0 Å². The standard InChI is InChI=1S/C22H24N4O/c1-15-12-20(16(2)26(15)14-18-6-4-3-5-7-18)22(27)25-13-17-8-10-19(11-9-17)21(23)24/h3-12H,13-14H2,1-2H3,(H3,23,24)(H,25,27). The highest BCUT2D eigenvalue weighted by Gasteiger charge is 2.15. The molecular weight excluding hydrogens is 336 g/mol. The number of carbonyl (C=O) groups is 1. The maximum atomic E-state index is 12.7. The van der Waals surface area contributed by atoms with Crippen LogP contribution in [0.2, 0.25) is 0 Å². The Hall–Kier alpha value is -3.34. The first-order chi connectivity index (χ1) is 13.0. The second kappa shape index (κ2) is 7.91. The summed E-state index contributed by atoms with van der Waals surface area (Å²) in [7, 11) is 0. The Morgan fingerprint density at radius 3 is 2.33 bits per heavy atom. The summed E-state index contributed by atoms with van der Waals surface area (Å²) in [5.74, 6) is -0.0468. The van der Waals surface area contributed by atoms with Gasteiger partial charge in [-0.05, 0) is 31.0 Å². The highest BCUT2D eigenvalue weighted by molar-refractivity contribution is 5.96. The smallest absolute Gasteiger partial charge is 0.253 e. The topological polar surface area (TPSA) is 83.9 Å². The van der Waals surface area contributed by atoms with E-state index in [4.69, 9.17) is 11.1 Å². The lowest BCUT2D eigenvalue weighted by Crippen LogP contribution is -2.23. The minimum atomic E-state index is -0.0851. The van der Waals surface area contributed by atoms with E-state index in [1.54, 1.807) is 12.1 Å². The van der Waals surface area contributed by atoms with Crippen LogP contribution in [-0.4, -0.2) is 16.3 Å². The van der Waals surface area contributed by atoms with Gasteiger partial charge < -0.3 is 15.6 Å². The molecule has 0 radical (unpaired) electrons. The predicted molar refractivity (Wildman–Crippen MR) is 108 cm³/mol. The number of amides is 1. The lowest BCUT2D eigenvalue weighted by molar-refractivity contribution is 0.0950. The van der Waals surface area contributed by atoms with E-state index < -0.39 is 0 Å². The van der Waals surface area contributed by atoms with Crippen molar-refractivity contribution >= 4 is 11.7 Å². The largest absolute Gasteiger partial charge is 0.384 e. The molecule has 138 valence electrons. The number of hydrogen-bond donors (Lipinski definition) is 3. The van der Waals surface area contributed by atoms with Gasteiger partial charge in [-0.25, -0.2) is 0 Å². The summed E-state index contributed by atoms with van der Waals surface area (Å²) in [5.41, 5.74) is 11.0. The molecule has 0 bridgehead atoms. The van der Waals surface area contributed by atoms with Crippen LogP contribution in [0.3, 0.4) is 0 Å². The first kappa shape index (κ1) is 18.5. The van der Waals surface area contributed by atoms with Crippen molar-refractivity contribution in [2.45, 2.75) is 26.9 Å². The van der Waals surface area contributed by atoms with Crippen LogP contribution in [-0.2, 0) is 13.1 Å². The molecule has 3 aromatic rings. The number of aryl methyl sites for hydroxylation is 1. The molecule has 0 aliphatic heterocycles. The van der Waals surface area contributed by atoms with Crippen molar-refractivity contribution in [2.24, 2.45) is 5.73 Å². The molecule has 0 aliphatic rings. The van der Waals surface area contributed by atoms with Crippen molar-refractivity contribution in [1.29, 1.82) is 5.41 Å². The number of hydrogen-bond acceptors (Lipinski definition) is 2. The molecular formula is C22H24N4O. The van der Waals surface area contributed by atoms with Gasteiger partial charge in [-0.15, -0.1) is 0 Å². The van der Waals surface area contributed by atoms with E-state index in [0.717, 1.165) is 23.5 Å². The summed E-state index contributed by atoms with van der Waals surface area (Å²) >= 11 is 0. The molecule has 5 heteroatoms. The lowest BCUT2D eigenvalue weighted by atomic mass is 10.1. The van der Waals surface area contributed by atoms with E-state index in [0.29, 0.717) is 17.7 Å². The van der Waals surface area contributed by atoms with Gasteiger partial charge in [-0.2, -0.15) is 0 Å². The van der Waals surface area contributed by atoms with Gasteiger partial charge in [0.15, 0.2) is 0 Å². The Morgan fingerprint density at radius 2 is 1.70 bits per heavy atom. The Labute approximate surface area is 159 Å². The van der Waals surface area contributed by atoms with Crippen LogP contribution in [0.15, 0.2) is 60.7 Å². The number of nitrogens with zero attached hydrogens (tertiary/aromatic N) is 1. The van der Waals surface area contributed by atoms with Crippen molar-refractivity contribution in [2.75, 3.05) is 0 Å². The summed E-state index contributed by atoms with van der Waals surface area (Å²) in [6, 6.07) is 19.5. The van der Waals surface area contributed by atoms with Gasteiger partial charge in [0.25, 0.3) is 5.91 Å². The fraction of sp³-hybridized carbons (Fsp3) is 0.182. The van der Waals surface area contributed by atoms with Gasteiger partial charge in [0.2, 0.25) is 0 Å². The zero-order chi connectivity index (χ0) is 19.4. The molecule has 0 saturated heterocycles. The molecule has 2 aromatic carbocycles. The zero-order valence-electron chi connectivity index (χ0n) is 15.6. The molecule has 0 atom stereocenters. The summed E-state index contributed by atoms with van der Waals surface area (Å²) < 4.78 is 2.16. The van der Waals surface area contributed by atoms with Crippen LogP contribution in [0.5, 0.6) is 0 Å². The quantitative estimate of drug-likeness (QED) is 0.465. The number of benzene rings is 2. The molecule has 1 amide bonds. The first-order valence-electron chi connectivity index (χ1n) is 8.88. The van der Waals surface area contributed by atoms with Gasteiger partial charge in [0, 0.05) is 30.0 Å². The Kier molecular flexibility index (Phi) is 5.41. The van der Waals surface area contributed by atoms with E-state index in [-0.39, 0.29) is 11.7 Å². The number of nitrogens with one attached hydrogen (secondary N) is 2. The number of carbonyl (C=O) groups excluding carboxylic acids is 1. The highest BCUT2D eigenvalue weighted by atomic mass is 16.1.